The number of nitrogen functional groups attached to an aromatic ring is 2. The summed E-state index contributed by atoms with van der Waals surface area (Å²) in [5.41, 5.74) is 13.5. The Bertz CT molecular complexity index is 502. The Morgan fingerprint density at radius 3 is 2.56 bits per heavy atom. The lowest BCUT2D eigenvalue weighted by Gasteiger charge is -2.07. The van der Waals surface area contributed by atoms with Gasteiger partial charge < -0.3 is 11.5 Å². The largest absolute Gasteiger partial charge is 0.396 e. The van der Waals surface area contributed by atoms with Gasteiger partial charge in [-0.1, -0.05) is 12.1 Å². The van der Waals surface area contributed by atoms with E-state index in [1.807, 2.05) is 0 Å². The van der Waals surface area contributed by atoms with Crippen LogP contribution in [0.1, 0.15) is 0 Å². The number of nitrogens with two attached hydrogens (primary N) is 2. The molecule has 1 heterocycles. The molecule has 2 rings (SSSR count). The molecule has 4 N–H and O–H groups in total. The monoisotopic (exact) mass is 239 g/mol. The highest BCUT2D eigenvalue weighted by molar-refractivity contribution is 5.85. The minimum atomic E-state index is -0.311. The third-order valence-corrected chi connectivity index (χ3v) is 2.15. The number of hydrogen-bond donors (Lipinski definition) is 2. The number of rotatable bonds is 1. The first kappa shape index (κ1) is 12.3. The summed E-state index contributed by atoms with van der Waals surface area (Å²) in [4.78, 5) is 3.92. The molecule has 16 heavy (non-hydrogen) atoms. The van der Waals surface area contributed by atoms with Gasteiger partial charge in [0.2, 0.25) is 0 Å². The minimum Gasteiger partial charge on any atom is -0.396 e. The van der Waals surface area contributed by atoms with Gasteiger partial charge in [0.25, 0.3) is 0 Å². The van der Waals surface area contributed by atoms with Crippen molar-refractivity contribution in [1.29, 1.82) is 0 Å². The maximum atomic E-state index is 13.0. The number of pyridine rings is 1. The van der Waals surface area contributed by atoms with Crippen LogP contribution in [-0.4, -0.2) is 4.98 Å². The van der Waals surface area contributed by atoms with Crippen molar-refractivity contribution in [2.45, 2.75) is 0 Å². The molecule has 0 unspecified atom stereocenters. The van der Waals surface area contributed by atoms with E-state index < -0.39 is 0 Å². The van der Waals surface area contributed by atoms with Crippen LogP contribution >= 0.6 is 12.4 Å². The van der Waals surface area contributed by atoms with Crippen LogP contribution in [0, 0.1) is 5.82 Å². The summed E-state index contributed by atoms with van der Waals surface area (Å²) in [5.74, 6) is -0.311. The van der Waals surface area contributed by atoms with Crippen LogP contribution in [0.15, 0.2) is 36.7 Å². The zero-order valence-corrected chi connectivity index (χ0v) is 9.17. The van der Waals surface area contributed by atoms with E-state index in [1.54, 1.807) is 18.3 Å². The summed E-state index contributed by atoms with van der Waals surface area (Å²) in [6.07, 6.45) is 3.04. The molecule has 3 nitrogen and oxygen atoms in total. The average molecular weight is 240 g/mol. The zero-order chi connectivity index (χ0) is 10.8. The minimum absolute atomic E-state index is 0. The quantitative estimate of drug-likeness (QED) is 0.804. The predicted octanol–water partition coefficient (Wildman–Crippen LogP) is 2.47. The Morgan fingerprint density at radius 1 is 1.12 bits per heavy atom. The van der Waals surface area contributed by atoms with Crippen LogP contribution in [0.2, 0.25) is 0 Å². The van der Waals surface area contributed by atoms with Crippen molar-refractivity contribution in [2.75, 3.05) is 11.5 Å². The van der Waals surface area contributed by atoms with Crippen molar-refractivity contribution in [3.63, 3.8) is 0 Å². The third-order valence-electron chi connectivity index (χ3n) is 2.15. The summed E-state index contributed by atoms with van der Waals surface area (Å²) in [6, 6.07) is 6.15. The first-order chi connectivity index (χ1) is 7.18. The Balaban J connectivity index is 0.00000128. The molecule has 0 fully saturated rings. The van der Waals surface area contributed by atoms with Gasteiger partial charge in [0.05, 0.1) is 17.6 Å². The Kier molecular flexibility index (Phi) is 3.68. The van der Waals surface area contributed by atoms with Gasteiger partial charge in [0, 0.05) is 11.8 Å². The second kappa shape index (κ2) is 4.81. The van der Waals surface area contributed by atoms with Crippen molar-refractivity contribution < 1.29 is 4.39 Å². The molecule has 84 valence electrons. The Labute approximate surface area is 98.7 Å². The molecular formula is C11H11ClFN3. The summed E-state index contributed by atoms with van der Waals surface area (Å²) in [6.45, 7) is 0. The lowest BCUT2D eigenvalue weighted by Crippen LogP contribution is -1.98. The van der Waals surface area contributed by atoms with Crippen molar-refractivity contribution in [2.24, 2.45) is 0 Å². The van der Waals surface area contributed by atoms with Gasteiger partial charge in [0.1, 0.15) is 5.82 Å². The topological polar surface area (TPSA) is 64.9 Å². The van der Waals surface area contributed by atoms with E-state index in [1.165, 1.54) is 18.3 Å². The van der Waals surface area contributed by atoms with Gasteiger partial charge in [-0.2, -0.15) is 0 Å². The van der Waals surface area contributed by atoms with Crippen molar-refractivity contribution in [3.05, 3.63) is 42.5 Å². The molecule has 0 bridgehead atoms. The molecule has 1 aromatic heterocycles. The van der Waals surface area contributed by atoms with E-state index in [0.717, 1.165) is 0 Å². The van der Waals surface area contributed by atoms with Gasteiger partial charge in [-0.05, 0) is 17.7 Å². The second-order valence-electron chi connectivity index (χ2n) is 3.20. The van der Waals surface area contributed by atoms with Crippen LogP contribution in [0.3, 0.4) is 0 Å². The maximum absolute atomic E-state index is 13.0. The molecule has 0 spiro atoms. The van der Waals surface area contributed by atoms with E-state index in [4.69, 9.17) is 11.5 Å². The molecule has 0 aliphatic heterocycles. The van der Waals surface area contributed by atoms with Crippen molar-refractivity contribution in [1.82, 2.24) is 4.98 Å². The number of aromatic nitrogens is 1. The predicted molar refractivity (Wildman–Crippen MR) is 65.7 cm³/mol. The van der Waals surface area contributed by atoms with Gasteiger partial charge in [-0.25, -0.2) is 4.39 Å². The molecule has 0 saturated carbocycles. The fourth-order valence-corrected chi connectivity index (χ4v) is 1.37. The van der Waals surface area contributed by atoms with Crippen LogP contribution in [0.5, 0.6) is 0 Å². The number of nitrogens with zero attached hydrogens (tertiary/aromatic N) is 1. The molecule has 0 aliphatic rings. The normalized spacial score (nSPS) is 9.56. The number of anilines is 2. The molecule has 0 saturated heterocycles. The zero-order valence-electron chi connectivity index (χ0n) is 8.35. The van der Waals surface area contributed by atoms with Crippen LogP contribution in [0.25, 0.3) is 11.1 Å². The summed E-state index contributed by atoms with van der Waals surface area (Å²) >= 11 is 0. The third kappa shape index (κ3) is 2.23. The Hall–Kier alpha value is -1.81. The lowest BCUT2D eigenvalue weighted by atomic mass is 10.1. The molecule has 1 aromatic carbocycles. The molecule has 0 amide bonds. The smallest absolute Gasteiger partial charge is 0.123 e. The molecular weight excluding hydrogens is 229 g/mol. The second-order valence-corrected chi connectivity index (χ2v) is 3.20. The van der Waals surface area contributed by atoms with Crippen molar-refractivity contribution >= 4 is 23.8 Å². The highest BCUT2D eigenvalue weighted by atomic mass is 35.5. The van der Waals surface area contributed by atoms with Crippen molar-refractivity contribution in [3.8, 4) is 11.1 Å². The first-order valence-electron chi connectivity index (χ1n) is 4.43. The van der Waals surface area contributed by atoms with Gasteiger partial charge >= 0.3 is 0 Å². The van der Waals surface area contributed by atoms with E-state index in [-0.39, 0.29) is 18.2 Å². The average Bonchev–Trinajstić information content (AvgIpc) is 2.22. The molecule has 2 aromatic rings. The van der Waals surface area contributed by atoms with Crippen LogP contribution < -0.4 is 11.5 Å². The highest BCUT2D eigenvalue weighted by Crippen LogP contribution is 2.28. The number of halogens is 2. The fraction of sp³-hybridized carbons (Fsp3) is 0. The van der Waals surface area contributed by atoms with E-state index >= 15 is 0 Å². The van der Waals surface area contributed by atoms with E-state index in [0.29, 0.717) is 22.5 Å². The molecule has 0 radical (unpaired) electrons. The molecule has 0 atom stereocenters. The standard InChI is InChI=1S/C11H10FN3.ClH/c12-8-3-1-2-7(4-8)9-5-15-6-10(13)11(9)14;/h1-6H,13H2,(H2,14,15);1H. The molecule has 5 heteroatoms. The first-order valence-corrected chi connectivity index (χ1v) is 4.43. The summed E-state index contributed by atoms with van der Waals surface area (Å²) in [5, 5.41) is 0. The molecule has 0 aliphatic carbocycles. The Morgan fingerprint density at radius 2 is 1.88 bits per heavy atom. The van der Waals surface area contributed by atoms with E-state index in [9.17, 15) is 4.39 Å². The maximum Gasteiger partial charge on any atom is 0.123 e. The van der Waals surface area contributed by atoms with Crippen LogP contribution in [0.4, 0.5) is 15.8 Å². The van der Waals surface area contributed by atoms with Gasteiger partial charge in [-0.15, -0.1) is 12.4 Å². The lowest BCUT2D eigenvalue weighted by molar-refractivity contribution is 0.628. The van der Waals surface area contributed by atoms with Gasteiger partial charge in [-0.3, -0.25) is 4.98 Å². The fourth-order valence-electron chi connectivity index (χ4n) is 1.37. The van der Waals surface area contributed by atoms with Crippen LogP contribution in [-0.2, 0) is 0 Å². The SMILES string of the molecule is Cl.Nc1cncc(-c2cccc(F)c2)c1N. The van der Waals surface area contributed by atoms with Gasteiger partial charge in [0.15, 0.2) is 0 Å². The summed E-state index contributed by atoms with van der Waals surface area (Å²) in [7, 11) is 0. The highest BCUT2D eigenvalue weighted by Gasteiger charge is 2.06. The summed E-state index contributed by atoms with van der Waals surface area (Å²) < 4.78 is 13.0. The number of hydrogen-bond acceptors (Lipinski definition) is 3. The number of benzene rings is 1. The van der Waals surface area contributed by atoms with E-state index in [2.05, 4.69) is 4.98 Å².